The number of anilines is 1. The Morgan fingerprint density at radius 3 is 2.77 bits per heavy atom. The van der Waals surface area contributed by atoms with E-state index in [9.17, 15) is 4.79 Å². The van der Waals surface area contributed by atoms with Gasteiger partial charge < -0.3 is 10.8 Å². The third-order valence-corrected chi connectivity index (χ3v) is 2.55. The summed E-state index contributed by atoms with van der Waals surface area (Å²) >= 11 is 8.97. The zero-order valence-electron chi connectivity index (χ0n) is 6.55. The van der Waals surface area contributed by atoms with Crippen molar-refractivity contribution in [3.8, 4) is 0 Å². The van der Waals surface area contributed by atoms with Crippen molar-refractivity contribution < 1.29 is 9.90 Å². The van der Waals surface area contributed by atoms with E-state index < -0.39 is 5.97 Å². The van der Waals surface area contributed by atoms with E-state index in [-0.39, 0.29) is 6.42 Å². The molecule has 0 spiro atoms. The van der Waals surface area contributed by atoms with Crippen LogP contribution in [0.25, 0.3) is 0 Å². The second-order valence-corrected chi connectivity index (χ2v) is 3.80. The number of halogens is 2. The number of hydrogen-bond acceptors (Lipinski definition) is 2. The standard InChI is InChI=1S/C8H7BrClNO2/c9-5-1-4(2-8(12)13)6(10)3-7(5)11/h1,3H,2,11H2,(H,12,13). The highest BCUT2D eigenvalue weighted by Crippen LogP contribution is 2.27. The van der Waals surface area contributed by atoms with Crippen LogP contribution in [0.3, 0.4) is 0 Å². The van der Waals surface area contributed by atoms with E-state index in [4.69, 9.17) is 22.4 Å². The van der Waals surface area contributed by atoms with Gasteiger partial charge in [-0.25, -0.2) is 0 Å². The van der Waals surface area contributed by atoms with Crippen LogP contribution >= 0.6 is 27.5 Å². The largest absolute Gasteiger partial charge is 0.481 e. The predicted molar refractivity (Wildman–Crippen MR) is 54.9 cm³/mol. The molecule has 0 saturated heterocycles. The minimum absolute atomic E-state index is 0.0995. The fourth-order valence-corrected chi connectivity index (χ4v) is 1.53. The Balaban J connectivity index is 3.08. The van der Waals surface area contributed by atoms with E-state index >= 15 is 0 Å². The molecule has 0 saturated carbocycles. The number of nitrogen functional groups attached to an aromatic ring is 1. The molecule has 0 aromatic heterocycles. The van der Waals surface area contributed by atoms with Crippen molar-refractivity contribution in [2.24, 2.45) is 0 Å². The Kier molecular flexibility index (Phi) is 3.17. The monoisotopic (exact) mass is 263 g/mol. The van der Waals surface area contributed by atoms with E-state index in [0.29, 0.717) is 20.7 Å². The second-order valence-electron chi connectivity index (χ2n) is 2.54. The topological polar surface area (TPSA) is 63.3 Å². The molecule has 0 aliphatic rings. The summed E-state index contributed by atoms with van der Waals surface area (Å²) in [5.41, 5.74) is 6.59. The molecule has 0 radical (unpaired) electrons. The maximum Gasteiger partial charge on any atom is 0.307 e. The van der Waals surface area contributed by atoms with Gasteiger partial charge in [-0.15, -0.1) is 0 Å². The normalized spacial score (nSPS) is 10.0. The molecule has 1 aromatic rings. The van der Waals surface area contributed by atoms with Gasteiger partial charge in [0.1, 0.15) is 0 Å². The van der Waals surface area contributed by atoms with E-state index in [1.807, 2.05) is 0 Å². The van der Waals surface area contributed by atoms with Crippen LogP contribution in [0.2, 0.25) is 5.02 Å². The molecule has 0 bridgehead atoms. The Labute approximate surface area is 88.6 Å². The number of carbonyl (C=O) groups is 1. The number of hydrogen-bond donors (Lipinski definition) is 2. The van der Waals surface area contributed by atoms with Crippen molar-refractivity contribution >= 4 is 39.2 Å². The Bertz CT molecular complexity index is 354. The van der Waals surface area contributed by atoms with Crippen molar-refractivity contribution in [1.82, 2.24) is 0 Å². The molecule has 0 heterocycles. The highest BCUT2D eigenvalue weighted by Gasteiger charge is 2.08. The minimum atomic E-state index is -0.918. The fourth-order valence-electron chi connectivity index (χ4n) is 0.902. The lowest BCUT2D eigenvalue weighted by Gasteiger charge is -2.04. The Morgan fingerprint density at radius 2 is 2.23 bits per heavy atom. The molecule has 1 rings (SSSR count). The SMILES string of the molecule is Nc1cc(Cl)c(CC(=O)O)cc1Br. The molecular weight excluding hydrogens is 257 g/mol. The van der Waals surface area contributed by atoms with Crippen LogP contribution in [-0.2, 0) is 11.2 Å². The van der Waals surface area contributed by atoms with Gasteiger partial charge in [0.25, 0.3) is 0 Å². The number of rotatable bonds is 2. The average Bonchev–Trinajstić information content (AvgIpc) is 1.99. The second kappa shape index (κ2) is 3.98. The van der Waals surface area contributed by atoms with Gasteiger partial charge >= 0.3 is 5.97 Å². The number of benzene rings is 1. The quantitative estimate of drug-likeness (QED) is 0.806. The van der Waals surface area contributed by atoms with Gasteiger partial charge in [-0.1, -0.05) is 11.6 Å². The lowest BCUT2D eigenvalue weighted by Crippen LogP contribution is -2.01. The summed E-state index contributed by atoms with van der Waals surface area (Å²) in [6, 6.07) is 3.15. The molecule has 1 aromatic carbocycles. The summed E-state index contributed by atoms with van der Waals surface area (Å²) in [6.07, 6.45) is -0.0995. The minimum Gasteiger partial charge on any atom is -0.481 e. The maximum atomic E-state index is 10.4. The summed E-state index contributed by atoms with van der Waals surface area (Å²) in [7, 11) is 0. The van der Waals surface area contributed by atoms with Gasteiger partial charge in [-0.3, -0.25) is 4.79 Å². The first kappa shape index (κ1) is 10.3. The van der Waals surface area contributed by atoms with E-state index in [2.05, 4.69) is 15.9 Å². The number of aliphatic carboxylic acids is 1. The third kappa shape index (κ3) is 2.60. The molecule has 0 fully saturated rings. The van der Waals surface area contributed by atoms with Crippen LogP contribution in [0.4, 0.5) is 5.69 Å². The first-order chi connectivity index (χ1) is 6.00. The molecule has 13 heavy (non-hydrogen) atoms. The van der Waals surface area contributed by atoms with Crippen molar-refractivity contribution in [3.05, 3.63) is 27.2 Å². The van der Waals surface area contributed by atoms with Crippen molar-refractivity contribution in [3.63, 3.8) is 0 Å². The third-order valence-electron chi connectivity index (χ3n) is 1.51. The van der Waals surface area contributed by atoms with E-state index in [1.165, 1.54) is 6.07 Å². The van der Waals surface area contributed by atoms with Gasteiger partial charge in [-0.2, -0.15) is 0 Å². The summed E-state index contributed by atoms with van der Waals surface area (Å²) in [5.74, 6) is -0.918. The van der Waals surface area contributed by atoms with Crippen molar-refractivity contribution in [2.45, 2.75) is 6.42 Å². The molecule has 3 nitrogen and oxygen atoms in total. The fraction of sp³-hybridized carbons (Fsp3) is 0.125. The number of carboxylic acids is 1. The zero-order chi connectivity index (χ0) is 10.0. The van der Waals surface area contributed by atoms with Gasteiger partial charge in [-0.05, 0) is 33.6 Å². The molecule has 0 atom stereocenters. The van der Waals surface area contributed by atoms with Gasteiger partial charge in [0, 0.05) is 15.2 Å². The van der Waals surface area contributed by atoms with Crippen LogP contribution in [-0.4, -0.2) is 11.1 Å². The van der Waals surface area contributed by atoms with Gasteiger partial charge in [0.2, 0.25) is 0 Å². The predicted octanol–water partition coefficient (Wildman–Crippen LogP) is 2.31. The lowest BCUT2D eigenvalue weighted by molar-refractivity contribution is -0.136. The Hall–Kier alpha value is -0.740. The maximum absolute atomic E-state index is 10.4. The number of nitrogens with two attached hydrogens (primary N) is 1. The van der Waals surface area contributed by atoms with Crippen LogP contribution < -0.4 is 5.73 Å². The highest BCUT2D eigenvalue weighted by atomic mass is 79.9. The summed E-state index contributed by atoms with van der Waals surface area (Å²) < 4.78 is 0.660. The molecule has 0 amide bonds. The number of carboxylic acid groups (broad SMARTS) is 1. The van der Waals surface area contributed by atoms with E-state index in [1.54, 1.807) is 6.07 Å². The molecule has 0 unspecified atom stereocenters. The smallest absolute Gasteiger partial charge is 0.307 e. The van der Waals surface area contributed by atoms with Gasteiger partial charge in [0.05, 0.1) is 6.42 Å². The first-order valence-electron chi connectivity index (χ1n) is 3.46. The van der Waals surface area contributed by atoms with Crippen LogP contribution in [0, 0.1) is 0 Å². The molecule has 0 aliphatic carbocycles. The first-order valence-corrected chi connectivity index (χ1v) is 4.63. The molecule has 0 aliphatic heterocycles. The zero-order valence-corrected chi connectivity index (χ0v) is 8.89. The van der Waals surface area contributed by atoms with Crippen LogP contribution in [0.1, 0.15) is 5.56 Å². The molecule has 3 N–H and O–H groups in total. The highest BCUT2D eigenvalue weighted by molar-refractivity contribution is 9.10. The Morgan fingerprint density at radius 1 is 1.62 bits per heavy atom. The van der Waals surface area contributed by atoms with E-state index in [0.717, 1.165) is 0 Å². The average molecular weight is 265 g/mol. The van der Waals surface area contributed by atoms with Crippen molar-refractivity contribution in [2.75, 3.05) is 5.73 Å². The van der Waals surface area contributed by atoms with Gasteiger partial charge in [0.15, 0.2) is 0 Å². The van der Waals surface area contributed by atoms with Crippen LogP contribution in [0.15, 0.2) is 16.6 Å². The molecule has 70 valence electrons. The molecular formula is C8H7BrClNO2. The summed E-state index contributed by atoms with van der Waals surface area (Å²) in [6.45, 7) is 0. The van der Waals surface area contributed by atoms with Crippen LogP contribution in [0.5, 0.6) is 0 Å². The summed E-state index contributed by atoms with van der Waals surface area (Å²) in [5, 5.41) is 8.92. The lowest BCUT2D eigenvalue weighted by atomic mass is 10.1. The molecule has 5 heteroatoms. The van der Waals surface area contributed by atoms with Crippen molar-refractivity contribution in [1.29, 1.82) is 0 Å². The summed E-state index contributed by atoms with van der Waals surface area (Å²) in [4.78, 5) is 10.4.